The van der Waals surface area contributed by atoms with Crippen molar-refractivity contribution in [3.63, 3.8) is 0 Å². The minimum atomic E-state index is 0.571. The topological polar surface area (TPSA) is 25.1 Å². The van der Waals surface area contributed by atoms with Gasteiger partial charge in [0.25, 0.3) is 0 Å². The molecule has 3 unspecified atom stereocenters. The smallest absolute Gasteiger partial charge is 0.0839 e. The summed E-state index contributed by atoms with van der Waals surface area (Å²) in [5.41, 5.74) is 0. The summed E-state index contributed by atoms with van der Waals surface area (Å²) in [7, 11) is 0. The highest BCUT2D eigenvalue weighted by Crippen LogP contribution is 2.26. The zero-order valence-corrected chi connectivity index (χ0v) is 12.6. The third-order valence-electron chi connectivity index (χ3n) is 3.71. The van der Waals surface area contributed by atoms with Gasteiger partial charge in [-0.1, -0.05) is 58.8 Å². The maximum atomic E-state index is 5.26. The van der Waals surface area contributed by atoms with Crippen molar-refractivity contribution < 1.29 is 9.47 Å². The Morgan fingerprint density at radius 3 is 1.94 bits per heavy atom. The molecule has 0 aromatic carbocycles. The van der Waals surface area contributed by atoms with E-state index in [2.05, 4.69) is 20.8 Å². The van der Waals surface area contributed by atoms with Crippen molar-refractivity contribution in [2.45, 2.75) is 96.9 Å². The van der Waals surface area contributed by atoms with E-state index in [-0.39, 0.29) is 0 Å². The Morgan fingerprint density at radius 1 is 0.889 bits per heavy atom. The number of epoxide rings is 2. The summed E-state index contributed by atoms with van der Waals surface area (Å²) in [6.07, 6.45) is 14.0. The lowest BCUT2D eigenvalue weighted by molar-refractivity contribution is 0.365. The van der Waals surface area contributed by atoms with Crippen molar-refractivity contribution in [2.75, 3.05) is 6.61 Å². The quantitative estimate of drug-likeness (QED) is 0.441. The zero-order chi connectivity index (χ0) is 13.2. The first-order valence-electron chi connectivity index (χ1n) is 8.05. The molecule has 2 rings (SSSR count). The van der Waals surface area contributed by atoms with Crippen LogP contribution in [-0.4, -0.2) is 24.9 Å². The maximum Gasteiger partial charge on any atom is 0.0839 e. The van der Waals surface area contributed by atoms with Gasteiger partial charge in [-0.3, -0.25) is 0 Å². The molecule has 3 atom stereocenters. The molecule has 2 heterocycles. The van der Waals surface area contributed by atoms with Gasteiger partial charge in [0, 0.05) is 0 Å². The standard InChI is InChI=1S/2C8H16O/c1-3-4-5-6-8-7(2)9-8;1-2-3-4-5-6-8-7-9-8/h7-8H,3-6H2,1-2H3;8H,2-7H2,1H3. The predicted octanol–water partition coefficient (Wildman–Crippen LogP) is 4.71. The van der Waals surface area contributed by atoms with E-state index in [0.717, 1.165) is 6.61 Å². The van der Waals surface area contributed by atoms with E-state index in [1.807, 2.05) is 0 Å². The molecule has 0 saturated carbocycles. The van der Waals surface area contributed by atoms with Crippen molar-refractivity contribution in [3.05, 3.63) is 0 Å². The first kappa shape index (κ1) is 16.0. The molecule has 0 aromatic heterocycles. The van der Waals surface area contributed by atoms with E-state index in [0.29, 0.717) is 18.3 Å². The van der Waals surface area contributed by atoms with Crippen LogP contribution >= 0.6 is 0 Å². The van der Waals surface area contributed by atoms with Crippen LogP contribution in [0.15, 0.2) is 0 Å². The number of hydrogen-bond acceptors (Lipinski definition) is 2. The van der Waals surface area contributed by atoms with Crippen LogP contribution in [0.4, 0.5) is 0 Å². The predicted molar refractivity (Wildman–Crippen MR) is 77.0 cm³/mol. The van der Waals surface area contributed by atoms with Crippen molar-refractivity contribution in [1.82, 2.24) is 0 Å². The van der Waals surface area contributed by atoms with Crippen molar-refractivity contribution in [3.8, 4) is 0 Å². The fourth-order valence-electron chi connectivity index (χ4n) is 2.16. The average Bonchev–Trinajstić information content (AvgIpc) is 3.26. The molecule has 2 fully saturated rings. The van der Waals surface area contributed by atoms with Gasteiger partial charge in [0.15, 0.2) is 0 Å². The van der Waals surface area contributed by atoms with E-state index in [1.54, 1.807) is 0 Å². The molecule has 108 valence electrons. The van der Waals surface area contributed by atoms with Crippen LogP contribution in [-0.2, 0) is 9.47 Å². The fraction of sp³-hybridized carbons (Fsp3) is 1.00. The summed E-state index contributed by atoms with van der Waals surface area (Å²) < 4.78 is 10.4. The number of unbranched alkanes of at least 4 members (excludes halogenated alkanes) is 5. The minimum absolute atomic E-state index is 0.571. The lowest BCUT2D eigenvalue weighted by Gasteiger charge is -1.93. The van der Waals surface area contributed by atoms with Crippen LogP contribution in [0.3, 0.4) is 0 Å². The molecule has 0 radical (unpaired) electrons. The second kappa shape index (κ2) is 9.80. The average molecular weight is 256 g/mol. The van der Waals surface area contributed by atoms with Gasteiger partial charge >= 0.3 is 0 Å². The molecule has 2 saturated heterocycles. The van der Waals surface area contributed by atoms with Crippen LogP contribution < -0.4 is 0 Å². The van der Waals surface area contributed by atoms with Crippen LogP contribution in [0, 0.1) is 0 Å². The summed E-state index contributed by atoms with van der Waals surface area (Å²) in [6, 6.07) is 0. The molecule has 0 aromatic rings. The van der Waals surface area contributed by atoms with Gasteiger partial charge in [-0.05, 0) is 19.8 Å². The maximum absolute atomic E-state index is 5.26. The summed E-state index contributed by atoms with van der Waals surface area (Å²) >= 11 is 0. The van der Waals surface area contributed by atoms with Gasteiger partial charge in [0.05, 0.1) is 24.9 Å². The fourth-order valence-corrected chi connectivity index (χ4v) is 2.16. The Kier molecular flexibility index (Phi) is 8.70. The minimum Gasteiger partial charge on any atom is -0.373 e. The van der Waals surface area contributed by atoms with Crippen LogP contribution in [0.1, 0.15) is 78.6 Å². The van der Waals surface area contributed by atoms with Crippen molar-refractivity contribution in [2.24, 2.45) is 0 Å². The molecule has 0 bridgehead atoms. The highest BCUT2D eigenvalue weighted by Gasteiger charge is 2.32. The van der Waals surface area contributed by atoms with Gasteiger partial charge in [0.2, 0.25) is 0 Å². The van der Waals surface area contributed by atoms with Gasteiger partial charge in [0.1, 0.15) is 0 Å². The second-order valence-corrected chi connectivity index (χ2v) is 5.68. The monoisotopic (exact) mass is 256 g/mol. The van der Waals surface area contributed by atoms with E-state index < -0.39 is 0 Å². The van der Waals surface area contributed by atoms with E-state index in [1.165, 1.54) is 57.8 Å². The zero-order valence-electron chi connectivity index (χ0n) is 12.6. The Morgan fingerprint density at radius 2 is 1.44 bits per heavy atom. The molecule has 2 heteroatoms. The Balaban J connectivity index is 0.000000180. The molecular formula is C16H32O2. The van der Waals surface area contributed by atoms with Gasteiger partial charge in [-0.25, -0.2) is 0 Å². The van der Waals surface area contributed by atoms with E-state index >= 15 is 0 Å². The summed E-state index contributed by atoms with van der Waals surface area (Å²) in [6.45, 7) is 7.66. The molecule has 2 aliphatic heterocycles. The summed E-state index contributed by atoms with van der Waals surface area (Å²) in [5.74, 6) is 0. The Labute approximate surface area is 113 Å². The number of hydrogen-bond donors (Lipinski definition) is 0. The second-order valence-electron chi connectivity index (χ2n) is 5.68. The lowest BCUT2D eigenvalue weighted by Crippen LogP contribution is -1.88. The molecule has 0 spiro atoms. The highest BCUT2D eigenvalue weighted by molar-refractivity contribution is 4.79. The molecule has 2 nitrogen and oxygen atoms in total. The highest BCUT2D eigenvalue weighted by atomic mass is 16.6. The number of rotatable bonds is 9. The van der Waals surface area contributed by atoms with E-state index in [9.17, 15) is 0 Å². The lowest BCUT2D eigenvalue weighted by atomic mass is 10.1. The Bertz CT molecular complexity index is 190. The molecular weight excluding hydrogens is 224 g/mol. The molecule has 18 heavy (non-hydrogen) atoms. The van der Waals surface area contributed by atoms with Crippen LogP contribution in [0.2, 0.25) is 0 Å². The summed E-state index contributed by atoms with van der Waals surface area (Å²) in [4.78, 5) is 0. The molecule has 0 N–H and O–H groups in total. The SMILES string of the molecule is CCCCCC1OC1C.CCCCCCC1CO1. The third-order valence-corrected chi connectivity index (χ3v) is 3.71. The van der Waals surface area contributed by atoms with E-state index in [4.69, 9.17) is 9.47 Å². The van der Waals surface area contributed by atoms with Crippen molar-refractivity contribution >= 4 is 0 Å². The largest absolute Gasteiger partial charge is 0.373 e. The molecule has 0 aliphatic carbocycles. The number of ether oxygens (including phenoxy) is 2. The first-order valence-corrected chi connectivity index (χ1v) is 8.05. The summed E-state index contributed by atoms with van der Waals surface area (Å²) in [5, 5.41) is 0. The van der Waals surface area contributed by atoms with Crippen molar-refractivity contribution in [1.29, 1.82) is 0 Å². The van der Waals surface area contributed by atoms with Gasteiger partial charge in [-0.15, -0.1) is 0 Å². The van der Waals surface area contributed by atoms with Gasteiger partial charge in [-0.2, -0.15) is 0 Å². The molecule has 2 aliphatic rings. The van der Waals surface area contributed by atoms with Crippen LogP contribution in [0.5, 0.6) is 0 Å². The molecule has 0 amide bonds. The Hall–Kier alpha value is -0.0800. The third kappa shape index (κ3) is 8.93. The van der Waals surface area contributed by atoms with Gasteiger partial charge < -0.3 is 9.47 Å². The first-order chi connectivity index (χ1) is 8.77. The van der Waals surface area contributed by atoms with Crippen LogP contribution in [0.25, 0.3) is 0 Å². The normalized spacial score (nSPS) is 28.5.